The summed E-state index contributed by atoms with van der Waals surface area (Å²) < 4.78 is 10.9. The van der Waals surface area contributed by atoms with Crippen molar-refractivity contribution in [2.24, 2.45) is 0 Å². The molecule has 3 aromatic rings. The molecule has 0 spiro atoms. The number of carbonyl (C=O) groups is 2. The first-order chi connectivity index (χ1) is 14.1. The number of hydrogen-bond acceptors (Lipinski definition) is 4. The summed E-state index contributed by atoms with van der Waals surface area (Å²) in [6.45, 7) is 0. The topological polar surface area (TPSA) is 75.7 Å². The minimum absolute atomic E-state index is 0.0971. The molecule has 1 N–H and O–H groups in total. The van der Waals surface area contributed by atoms with E-state index in [0.29, 0.717) is 16.5 Å². The van der Waals surface area contributed by atoms with Crippen LogP contribution in [0.15, 0.2) is 69.9 Å². The van der Waals surface area contributed by atoms with Crippen molar-refractivity contribution in [1.29, 1.82) is 0 Å². The van der Waals surface area contributed by atoms with Gasteiger partial charge in [-0.05, 0) is 55.3 Å². The summed E-state index contributed by atoms with van der Waals surface area (Å²) in [6, 6.07) is 12.5. The van der Waals surface area contributed by atoms with Crippen molar-refractivity contribution >= 4 is 29.1 Å². The number of halogens is 1. The second kappa shape index (κ2) is 8.57. The number of amides is 2. The molecule has 1 fully saturated rings. The van der Waals surface area contributed by atoms with E-state index in [1.54, 1.807) is 48.5 Å². The third kappa shape index (κ3) is 4.22. The Kier molecular flexibility index (Phi) is 5.71. The predicted octanol–water partition coefficient (Wildman–Crippen LogP) is 4.97. The maximum Gasteiger partial charge on any atom is 0.295 e. The van der Waals surface area contributed by atoms with E-state index in [1.165, 1.54) is 17.4 Å². The Morgan fingerprint density at radius 1 is 1.03 bits per heavy atom. The van der Waals surface area contributed by atoms with Crippen molar-refractivity contribution in [2.45, 2.75) is 37.8 Å². The van der Waals surface area contributed by atoms with E-state index in [-0.39, 0.29) is 17.7 Å². The van der Waals surface area contributed by atoms with E-state index in [9.17, 15) is 9.59 Å². The summed E-state index contributed by atoms with van der Waals surface area (Å²) in [6.07, 6.45) is 6.93. The number of rotatable bonds is 6. The molecule has 2 aromatic heterocycles. The van der Waals surface area contributed by atoms with Crippen molar-refractivity contribution in [3.8, 4) is 0 Å². The average molecular weight is 413 g/mol. The van der Waals surface area contributed by atoms with Gasteiger partial charge >= 0.3 is 0 Å². The lowest BCUT2D eigenvalue weighted by Gasteiger charge is -2.30. The third-order valence-corrected chi connectivity index (χ3v) is 5.29. The van der Waals surface area contributed by atoms with Gasteiger partial charge in [0.1, 0.15) is 5.76 Å². The molecule has 1 aromatic carbocycles. The number of carbonyl (C=O) groups excluding carboxylic acids is 2. The van der Waals surface area contributed by atoms with Crippen molar-refractivity contribution in [1.82, 2.24) is 5.32 Å². The number of nitrogens with one attached hydrogen (secondary N) is 1. The fraction of sp³-hybridized carbons (Fsp3) is 0.273. The molecule has 4 rings (SSSR count). The Balaban J connectivity index is 1.77. The number of benzene rings is 1. The molecule has 1 aliphatic rings. The summed E-state index contributed by atoms with van der Waals surface area (Å²) >= 11 is 6.18. The zero-order valence-electron chi connectivity index (χ0n) is 15.7. The van der Waals surface area contributed by atoms with E-state index in [4.69, 9.17) is 20.4 Å². The maximum absolute atomic E-state index is 13.4. The summed E-state index contributed by atoms with van der Waals surface area (Å²) in [5.74, 6) is -0.275. The van der Waals surface area contributed by atoms with Crippen LogP contribution in [0.2, 0.25) is 5.02 Å². The van der Waals surface area contributed by atoms with Crippen LogP contribution in [0.3, 0.4) is 0 Å². The molecule has 0 bridgehead atoms. The van der Waals surface area contributed by atoms with E-state index in [0.717, 1.165) is 25.7 Å². The molecule has 7 heteroatoms. The Morgan fingerprint density at radius 3 is 2.45 bits per heavy atom. The van der Waals surface area contributed by atoms with Gasteiger partial charge in [-0.25, -0.2) is 0 Å². The first-order valence-corrected chi connectivity index (χ1v) is 9.97. The predicted molar refractivity (Wildman–Crippen MR) is 109 cm³/mol. The van der Waals surface area contributed by atoms with Crippen LogP contribution in [0.25, 0.3) is 0 Å². The molecule has 6 nitrogen and oxygen atoms in total. The molecule has 2 heterocycles. The van der Waals surface area contributed by atoms with E-state index < -0.39 is 11.9 Å². The number of anilines is 1. The Bertz CT molecular complexity index is 963. The maximum atomic E-state index is 13.4. The highest BCUT2D eigenvalue weighted by Crippen LogP contribution is 2.32. The fourth-order valence-electron chi connectivity index (χ4n) is 3.70. The van der Waals surface area contributed by atoms with Crippen LogP contribution in [0.4, 0.5) is 5.69 Å². The number of hydrogen-bond donors (Lipinski definition) is 1. The lowest BCUT2D eigenvalue weighted by molar-refractivity contribution is -0.123. The highest BCUT2D eigenvalue weighted by atomic mass is 35.5. The van der Waals surface area contributed by atoms with E-state index >= 15 is 0 Å². The Labute approximate surface area is 173 Å². The van der Waals surface area contributed by atoms with E-state index in [1.807, 2.05) is 0 Å². The SMILES string of the molecule is O=C(NC1CCCC1)C(c1ccco1)N(C(=O)c1ccco1)c1cccc(Cl)c1. The van der Waals surface area contributed by atoms with Crippen LogP contribution in [0, 0.1) is 0 Å². The van der Waals surface area contributed by atoms with Crippen molar-refractivity contribution in [2.75, 3.05) is 4.90 Å². The van der Waals surface area contributed by atoms with Gasteiger partial charge < -0.3 is 14.2 Å². The minimum Gasteiger partial charge on any atom is -0.467 e. The molecular formula is C22H21ClN2O4. The first-order valence-electron chi connectivity index (χ1n) is 9.60. The average Bonchev–Trinajstić information content (AvgIpc) is 3.49. The molecule has 1 saturated carbocycles. The van der Waals surface area contributed by atoms with Gasteiger partial charge in [-0.2, -0.15) is 0 Å². The van der Waals surface area contributed by atoms with Gasteiger partial charge in [0.25, 0.3) is 11.8 Å². The zero-order valence-corrected chi connectivity index (χ0v) is 16.5. The monoisotopic (exact) mass is 412 g/mol. The quantitative estimate of drug-likeness (QED) is 0.620. The minimum atomic E-state index is -0.998. The van der Waals surface area contributed by atoms with Gasteiger partial charge in [0.15, 0.2) is 11.8 Å². The van der Waals surface area contributed by atoms with Crippen molar-refractivity contribution < 1.29 is 18.4 Å². The zero-order chi connectivity index (χ0) is 20.2. The fourth-order valence-corrected chi connectivity index (χ4v) is 3.88. The molecule has 0 radical (unpaired) electrons. The highest BCUT2D eigenvalue weighted by Gasteiger charge is 2.37. The lowest BCUT2D eigenvalue weighted by Crippen LogP contribution is -2.46. The second-order valence-corrected chi connectivity index (χ2v) is 7.48. The number of furan rings is 2. The molecule has 2 amide bonds. The normalized spacial score (nSPS) is 15.2. The summed E-state index contributed by atoms with van der Waals surface area (Å²) in [5.41, 5.74) is 0.474. The van der Waals surface area contributed by atoms with Crippen molar-refractivity contribution in [3.05, 3.63) is 77.6 Å². The number of nitrogens with zero attached hydrogens (tertiary/aromatic N) is 1. The van der Waals surface area contributed by atoms with Crippen molar-refractivity contribution in [3.63, 3.8) is 0 Å². The van der Waals surface area contributed by atoms with Crippen LogP contribution in [0.5, 0.6) is 0 Å². The molecule has 0 aliphatic heterocycles. The molecule has 29 heavy (non-hydrogen) atoms. The van der Waals surface area contributed by atoms with Crippen LogP contribution in [-0.4, -0.2) is 17.9 Å². The van der Waals surface area contributed by atoms with Crippen LogP contribution < -0.4 is 10.2 Å². The summed E-state index contributed by atoms with van der Waals surface area (Å²) in [4.78, 5) is 28.1. The van der Waals surface area contributed by atoms with Gasteiger partial charge in [-0.3, -0.25) is 14.5 Å². The largest absolute Gasteiger partial charge is 0.467 e. The molecular weight excluding hydrogens is 392 g/mol. The van der Waals surface area contributed by atoms with Gasteiger partial charge in [0.2, 0.25) is 0 Å². The molecule has 150 valence electrons. The summed E-state index contributed by atoms with van der Waals surface area (Å²) in [7, 11) is 0. The molecule has 1 aliphatic carbocycles. The standard InChI is InChI=1S/C22H21ClN2O4/c23-15-6-3-9-17(14-15)25(22(27)19-11-5-13-29-19)20(18-10-4-12-28-18)21(26)24-16-7-1-2-8-16/h3-6,9-14,16,20H,1-2,7-8H2,(H,24,26). The van der Waals surface area contributed by atoms with E-state index in [2.05, 4.69) is 5.32 Å². The molecule has 0 saturated heterocycles. The highest BCUT2D eigenvalue weighted by molar-refractivity contribution is 6.31. The van der Waals surface area contributed by atoms with Gasteiger partial charge in [-0.15, -0.1) is 0 Å². The lowest BCUT2D eigenvalue weighted by atomic mass is 10.1. The first kappa shape index (κ1) is 19.3. The Hall–Kier alpha value is -2.99. The Morgan fingerprint density at radius 2 is 1.79 bits per heavy atom. The third-order valence-electron chi connectivity index (χ3n) is 5.06. The summed E-state index contributed by atoms with van der Waals surface area (Å²) in [5, 5.41) is 3.53. The second-order valence-electron chi connectivity index (χ2n) is 7.04. The van der Waals surface area contributed by atoms with Crippen LogP contribution in [-0.2, 0) is 4.79 Å². The van der Waals surface area contributed by atoms with Gasteiger partial charge in [-0.1, -0.05) is 30.5 Å². The molecule has 1 unspecified atom stereocenters. The van der Waals surface area contributed by atoms with Crippen LogP contribution in [0.1, 0.15) is 48.0 Å². The van der Waals surface area contributed by atoms with Crippen LogP contribution >= 0.6 is 11.6 Å². The van der Waals surface area contributed by atoms with Gasteiger partial charge in [0.05, 0.1) is 12.5 Å². The van der Waals surface area contributed by atoms with Gasteiger partial charge in [0, 0.05) is 16.8 Å². The smallest absolute Gasteiger partial charge is 0.295 e. The molecule has 1 atom stereocenters.